The molecule has 6 heteroatoms. The van der Waals surface area contributed by atoms with E-state index in [1.807, 2.05) is 6.92 Å². The van der Waals surface area contributed by atoms with Gasteiger partial charge in [0.15, 0.2) is 11.6 Å². The minimum absolute atomic E-state index is 0.0601. The molecule has 20 heavy (non-hydrogen) atoms. The summed E-state index contributed by atoms with van der Waals surface area (Å²) < 4.78 is 45.4. The number of halogens is 1. The van der Waals surface area contributed by atoms with E-state index in [0.29, 0.717) is 6.54 Å². The van der Waals surface area contributed by atoms with Crippen molar-refractivity contribution >= 4 is 10.0 Å². The van der Waals surface area contributed by atoms with Crippen LogP contribution in [-0.4, -0.2) is 21.1 Å². The minimum Gasteiger partial charge on any atom is -0.488 e. The van der Waals surface area contributed by atoms with Crippen LogP contribution in [0.15, 0.2) is 23.1 Å². The maximum atomic E-state index is 13.8. The summed E-state index contributed by atoms with van der Waals surface area (Å²) >= 11 is 0. The van der Waals surface area contributed by atoms with E-state index in [-0.39, 0.29) is 16.7 Å². The number of benzene rings is 1. The van der Waals surface area contributed by atoms with E-state index in [0.717, 1.165) is 25.3 Å². The van der Waals surface area contributed by atoms with Crippen molar-refractivity contribution in [3.8, 4) is 5.75 Å². The van der Waals surface area contributed by atoms with E-state index in [9.17, 15) is 12.8 Å². The molecule has 0 radical (unpaired) electrons. The second-order valence-corrected chi connectivity index (χ2v) is 6.63. The third kappa shape index (κ3) is 5.09. The van der Waals surface area contributed by atoms with Crippen molar-refractivity contribution in [3.63, 3.8) is 0 Å². The number of unbranched alkanes of at least 4 members (excludes halogenated alkanes) is 2. The van der Waals surface area contributed by atoms with Gasteiger partial charge in [0.1, 0.15) is 0 Å². The maximum absolute atomic E-state index is 13.8. The standard InChI is InChI=1S/C14H22FNO3S/c1-4-5-6-9-16-20(17,18)12-7-8-14(13(15)10-12)19-11(2)3/h7-8,10-11,16H,4-6,9H2,1-3H3. The van der Waals surface area contributed by atoms with Crippen LogP contribution < -0.4 is 9.46 Å². The lowest BCUT2D eigenvalue weighted by molar-refractivity contribution is 0.231. The molecule has 0 aliphatic carbocycles. The van der Waals surface area contributed by atoms with Crippen molar-refractivity contribution in [2.24, 2.45) is 0 Å². The van der Waals surface area contributed by atoms with Crippen LogP contribution in [0, 0.1) is 5.82 Å². The van der Waals surface area contributed by atoms with Crippen LogP contribution in [0.3, 0.4) is 0 Å². The SMILES string of the molecule is CCCCCNS(=O)(=O)c1ccc(OC(C)C)c(F)c1. The number of nitrogens with one attached hydrogen (secondary N) is 1. The summed E-state index contributed by atoms with van der Waals surface area (Å²) in [4.78, 5) is -0.0809. The molecule has 0 saturated heterocycles. The van der Waals surface area contributed by atoms with Gasteiger partial charge in [0, 0.05) is 6.54 Å². The Morgan fingerprint density at radius 2 is 2.00 bits per heavy atom. The summed E-state index contributed by atoms with van der Waals surface area (Å²) in [5.74, 6) is -0.611. The fraction of sp³-hybridized carbons (Fsp3) is 0.571. The second kappa shape index (κ2) is 7.59. The van der Waals surface area contributed by atoms with Crippen molar-refractivity contribution < 1.29 is 17.5 Å². The molecular formula is C14H22FNO3S. The van der Waals surface area contributed by atoms with E-state index in [4.69, 9.17) is 4.74 Å². The molecule has 0 unspecified atom stereocenters. The first-order valence-electron chi connectivity index (χ1n) is 6.82. The normalized spacial score (nSPS) is 11.8. The molecule has 0 aliphatic rings. The van der Waals surface area contributed by atoms with Gasteiger partial charge in [0.05, 0.1) is 11.0 Å². The molecule has 114 valence electrons. The zero-order chi connectivity index (χ0) is 15.2. The van der Waals surface area contributed by atoms with E-state index < -0.39 is 15.8 Å². The van der Waals surface area contributed by atoms with Gasteiger partial charge < -0.3 is 4.74 Å². The third-order valence-corrected chi connectivity index (χ3v) is 4.11. The van der Waals surface area contributed by atoms with Gasteiger partial charge in [-0.05, 0) is 38.5 Å². The molecule has 1 aromatic carbocycles. The summed E-state index contributed by atoms with van der Waals surface area (Å²) in [5.41, 5.74) is 0. The van der Waals surface area contributed by atoms with Crippen molar-refractivity contribution in [2.45, 2.75) is 51.0 Å². The Morgan fingerprint density at radius 1 is 1.30 bits per heavy atom. The molecule has 1 N–H and O–H groups in total. The molecule has 1 rings (SSSR count). The Bertz CT molecular complexity index is 529. The number of rotatable bonds is 8. The summed E-state index contributed by atoms with van der Waals surface area (Å²) in [6, 6.07) is 3.68. The molecule has 0 aromatic heterocycles. The van der Waals surface area contributed by atoms with Crippen LogP contribution >= 0.6 is 0 Å². The van der Waals surface area contributed by atoms with Crippen LogP contribution in [0.2, 0.25) is 0 Å². The Kier molecular flexibility index (Phi) is 6.42. The van der Waals surface area contributed by atoms with Crippen LogP contribution in [0.25, 0.3) is 0 Å². The fourth-order valence-electron chi connectivity index (χ4n) is 1.66. The molecule has 0 aliphatic heterocycles. The summed E-state index contributed by atoms with van der Waals surface area (Å²) in [6.07, 6.45) is 2.57. The van der Waals surface area contributed by atoms with Crippen molar-refractivity contribution in [2.75, 3.05) is 6.54 Å². The topological polar surface area (TPSA) is 55.4 Å². The predicted molar refractivity (Wildman–Crippen MR) is 76.9 cm³/mol. The highest BCUT2D eigenvalue weighted by molar-refractivity contribution is 7.89. The molecule has 4 nitrogen and oxygen atoms in total. The quantitative estimate of drug-likeness (QED) is 0.751. The zero-order valence-corrected chi connectivity index (χ0v) is 13.0. The largest absolute Gasteiger partial charge is 0.488 e. The Labute approximate surface area is 120 Å². The average molecular weight is 303 g/mol. The van der Waals surface area contributed by atoms with Gasteiger partial charge >= 0.3 is 0 Å². The van der Waals surface area contributed by atoms with Crippen molar-refractivity contribution in [1.82, 2.24) is 4.72 Å². The van der Waals surface area contributed by atoms with Gasteiger partial charge in [-0.25, -0.2) is 17.5 Å². The molecule has 0 bridgehead atoms. The van der Waals surface area contributed by atoms with E-state index in [1.165, 1.54) is 12.1 Å². The first-order valence-corrected chi connectivity index (χ1v) is 8.31. The molecule has 0 atom stereocenters. The van der Waals surface area contributed by atoms with Gasteiger partial charge in [-0.15, -0.1) is 0 Å². The summed E-state index contributed by atoms with van der Waals surface area (Å²) in [6.45, 7) is 5.96. The maximum Gasteiger partial charge on any atom is 0.240 e. The highest BCUT2D eigenvalue weighted by Crippen LogP contribution is 2.22. The smallest absolute Gasteiger partial charge is 0.240 e. The molecule has 0 amide bonds. The number of hydrogen-bond donors (Lipinski definition) is 1. The van der Waals surface area contributed by atoms with Crippen molar-refractivity contribution in [1.29, 1.82) is 0 Å². The Balaban J connectivity index is 2.78. The highest BCUT2D eigenvalue weighted by atomic mass is 32.2. The van der Waals surface area contributed by atoms with Crippen LogP contribution in [0.1, 0.15) is 40.0 Å². The van der Waals surface area contributed by atoms with Gasteiger partial charge in [-0.3, -0.25) is 0 Å². The lowest BCUT2D eigenvalue weighted by Crippen LogP contribution is -2.25. The van der Waals surface area contributed by atoms with Gasteiger partial charge in [-0.2, -0.15) is 0 Å². The van der Waals surface area contributed by atoms with Gasteiger partial charge in [-0.1, -0.05) is 19.8 Å². The highest BCUT2D eigenvalue weighted by Gasteiger charge is 2.16. The first-order chi connectivity index (χ1) is 9.36. The first kappa shape index (κ1) is 16.9. The molecule has 0 saturated carbocycles. The summed E-state index contributed by atoms with van der Waals surface area (Å²) in [7, 11) is -3.65. The Morgan fingerprint density at radius 3 is 2.55 bits per heavy atom. The van der Waals surface area contributed by atoms with Crippen molar-refractivity contribution in [3.05, 3.63) is 24.0 Å². The molecule has 0 fully saturated rings. The third-order valence-electron chi connectivity index (χ3n) is 2.65. The molecule has 0 spiro atoms. The summed E-state index contributed by atoms with van der Waals surface area (Å²) in [5, 5.41) is 0. The molecular weight excluding hydrogens is 281 g/mol. The number of sulfonamides is 1. The fourth-order valence-corrected chi connectivity index (χ4v) is 2.75. The minimum atomic E-state index is -3.65. The van der Waals surface area contributed by atoms with E-state index in [1.54, 1.807) is 13.8 Å². The van der Waals surface area contributed by atoms with Crippen LogP contribution in [0.5, 0.6) is 5.75 Å². The monoisotopic (exact) mass is 303 g/mol. The Hall–Kier alpha value is -1.14. The van der Waals surface area contributed by atoms with Gasteiger partial charge in [0.25, 0.3) is 0 Å². The van der Waals surface area contributed by atoms with E-state index >= 15 is 0 Å². The zero-order valence-electron chi connectivity index (χ0n) is 12.1. The number of hydrogen-bond acceptors (Lipinski definition) is 3. The predicted octanol–water partition coefficient (Wildman–Crippen LogP) is 3.08. The lowest BCUT2D eigenvalue weighted by atomic mass is 10.3. The average Bonchev–Trinajstić information content (AvgIpc) is 2.36. The van der Waals surface area contributed by atoms with E-state index in [2.05, 4.69) is 4.72 Å². The van der Waals surface area contributed by atoms with Gasteiger partial charge in [0.2, 0.25) is 10.0 Å². The lowest BCUT2D eigenvalue weighted by Gasteiger charge is -2.12. The second-order valence-electron chi connectivity index (χ2n) is 4.86. The van der Waals surface area contributed by atoms with Crippen LogP contribution in [-0.2, 0) is 10.0 Å². The molecule has 0 heterocycles. The van der Waals surface area contributed by atoms with Crippen LogP contribution in [0.4, 0.5) is 4.39 Å². The molecule has 1 aromatic rings. The number of ether oxygens (including phenoxy) is 1.